The lowest BCUT2D eigenvalue weighted by molar-refractivity contribution is -0.121. The fraction of sp³-hybridized carbons (Fsp3) is 0.333. The number of carbonyl (C=O) groups is 2. The molecule has 0 spiro atoms. The molecule has 0 saturated heterocycles. The summed E-state index contributed by atoms with van der Waals surface area (Å²) in [6.07, 6.45) is 3.48. The summed E-state index contributed by atoms with van der Waals surface area (Å²) < 4.78 is 0. The van der Waals surface area contributed by atoms with Crippen LogP contribution in [0, 0.1) is 5.41 Å². The van der Waals surface area contributed by atoms with Crippen molar-refractivity contribution in [1.82, 2.24) is 0 Å². The van der Waals surface area contributed by atoms with E-state index in [0.717, 1.165) is 16.8 Å². The molecule has 2 aromatic rings. The zero-order chi connectivity index (χ0) is 20.8. The van der Waals surface area contributed by atoms with E-state index in [4.69, 9.17) is 11.6 Å². The van der Waals surface area contributed by atoms with Crippen LogP contribution < -0.4 is 4.90 Å². The number of nitrogens with zero attached hydrogens (tertiary/aromatic N) is 1. The summed E-state index contributed by atoms with van der Waals surface area (Å²) >= 11 is 8.12. The Morgan fingerprint density at radius 1 is 1.03 bits per heavy atom. The Morgan fingerprint density at radius 3 is 2.38 bits per heavy atom. The van der Waals surface area contributed by atoms with Gasteiger partial charge in [0.25, 0.3) is 0 Å². The van der Waals surface area contributed by atoms with Gasteiger partial charge in [-0.2, -0.15) is 0 Å². The summed E-state index contributed by atoms with van der Waals surface area (Å²) in [5.41, 5.74) is 3.08. The largest absolute Gasteiger partial charge is 0.294 e. The maximum atomic E-state index is 13.3. The zero-order valence-corrected chi connectivity index (χ0v) is 18.4. The van der Waals surface area contributed by atoms with Gasteiger partial charge in [0.05, 0.1) is 10.7 Å². The molecule has 150 valence electrons. The Morgan fingerprint density at radius 2 is 1.72 bits per heavy atom. The predicted molar refractivity (Wildman–Crippen MR) is 120 cm³/mol. The molecule has 3 nitrogen and oxygen atoms in total. The Bertz CT molecular complexity index is 1010. The summed E-state index contributed by atoms with van der Waals surface area (Å²) in [5, 5.41) is 0.520. The molecule has 1 aliphatic heterocycles. The number of anilines is 1. The second-order valence-corrected chi connectivity index (χ2v) is 9.80. The van der Waals surface area contributed by atoms with Gasteiger partial charge >= 0.3 is 0 Å². The molecule has 29 heavy (non-hydrogen) atoms. The first-order valence-corrected chi connectivity index (χ1v) is 11.4. The number of hydrogen-bond donors (Lipinski definition) is 0. The third kappa shape index (κ3) is 3.76. The lowest BCUT2D eigenvalue weighted by atomic mass is 9.69. The second kappa shape index (κ2) is 7.66. The Balaban J connectivity index is 1.88. The maximum Gasteiger partial charge on any atom is 0.232 e. The first kappa shape index (κ1) is 20.2. The topological polar surface area (TPSA) is 37.4 Å². The van der Waals surface area contributed by atoms with E-state index in [1.54, 1.807) is 22.7 Å². The second-order valence-electron chi connectivity index (χ2n) is 8.51. The van der Waals surface area contributed by atoms with Crippen LogP contribution in [0.2, 0.25) is 5.02 Å². The molecule has 0 fully saturated rings. The van der Waals surface area contributed by atoms with Gasteiger partial charge < -0.3 is 0 Å². The standard InChI is InChI=1S/C24H24ClNO2S/c1-24(2)13-20-23(21(27)14-24)17(15-8-10-16(29-3)11-9-15)12-22(28)26(20)19-7-5-4-6-18(19)25/h4-11,17H,12-14H2,1-3H3. The van der Waals surface area contributed by atoms with Gasteiger partial charge in [-0.1, -0.05) is 49.7 Å². The van der Waals surface area contributed by atoms with Crippen molar-refractivity contribution in [1.29, 1.82) is 0 Å². The van der Waals surface area contributed by atoms with Crippen molar-refractivity contribution in [2.45, 2.75) is 43.9 Å². The Labute approximate surface area is 181 Å². The molecule has 0 aromatic heterocycles. The number of rotatable bonds is 3. The molecule has 0 bridgehead atoms. The molecule has 0 saturated carbocycles. The predicted octanol–water partition coefficient (Wildman–Crippen LogP) is 6.23. The highest BCUT2D eigenvalue weighted by molar-refractivity contribution is 7.98. The quantitative estimate of drug-likeness (QED) is 0.547. The summed E-state index contributed by atoms with van der Waals surface area (Å²) in [6.45, 7) is 4.17. The molecule has 1 atom stereocenters. The molecule has 4 rings (SSSR count). The number of benzene rings is 2. The van der Waals surface area contributed by atoms with Gasteiger partial charge in [0.1, 0.15) is 0 Å². The smallest absolute Gasteiger partial charge is 0.232 e. The van der Waals surface area contributed by atoms with Crippen molar-refractivity contribution in [2.75, 3.05) is 11.2 Å². The summed E-state index contributed by atoms with van der Waals surface area (Å²) in [4.78, 5) is 29.5. The first-order chi connectivity index (χ1) is 13.8. The third-order valence-corrected chi connectivity index (χ3v) is 6.82. The molecule has 0 radical (unpaired) electrons. The van der Waals surface area contributed by atoms with Gasteiger partial charge in [-0.3, -0.25) is 14.5 Å². The number of carbonyl (C=O) groups excluding carboxylic acids is 2. The summed E-state index contributed by atoms with van der Waals surface area (Å²) in [5.74, 6) is -0.0724. The monoisotopic (exact) mass is 425 g/mol. The number of Topliss-reactive ketones (excluding diaryl/α,β-unsaturated/α-hetero) is 1. The third-order valence-electron chi connectivity index (χ3n) is 5.75. The Kier molecular flexibility index (Phi) is 5.34. The van der Waals surface area contributed by atoms with Crippen LogP contribution in [-0.4, -0.2) is 17.9 Å². The highest BCUT2D eigenvalue weighted by atomic mass is 35.5. The normalized spacial score (nSPS) is 21.4. The van der Waals surface area contributed by atoms with E-state index in [9.17, 15) is 9.59 Å². The molecule has 1 aliphatic carbocycles. The number of hydrogen-bond acceptors (Lipinski definition) is 3. The van der Waals surface area contributed by atoms with Crippen molar-refractivity contribution in [3.05, 3.63) is 70.4 Å². The number of halogens is 1. The van der Waals surface area contributed by atoms with Gasteiger partial charge in [-0.05, 0) is 47.9 Å². The van der Waals surface area contributed by atoms with Crippen LogP contribution in [0.25, 0.3) is 0 Å². The van der Waals surface area contributed by atoms with E-state index in [0.29, 0.717) is 23.6 Å². The van der Waals surface area contributed by atoms with E-state index in [-0.39, 0.29) is 29.4 Å². The van der Waals surface area contributed by atoms with Crippen LogP contribution in [0.5, 0.6) is 0 Å². The molecular formula is C24H24ClNO2S. The lowest BCUT2D eigenvalue weighted by Crippen LogP contribution is -2.43. The highest BCUT2D eigenvalue weighted by Gasteiger charge is 2.44. The average Bonchev–Trinajstić information content (AvgIpc) is 2.67. The number of allylic oxidation sites excluding steroid dienone is 2. The highest BCUT2D eigenvalue weighted by Crippen LogP contribution is 2.49. The van der Waals surface area contributed by atoms with Crippen molar-refractivity contribution >= 4 is 40.7 Å². The summed E-state index contributed by atoms with van der Waals surface area (Å²) in [6, 6.07) is 15.6. The van der Waals surface area contributed by atoms with Gasteiger partial charge in [0, 0.05) is 34.9 Å². The van der Waals surface area contributed by atoms with Gasteiger partial charge in [0.2, 0.25) is 5.91 Å². The van der Waals surface area contributed by atoms with Crippen LogP contribution in [0.4, 0.5) is 5.69 Å². The van der Waals surface area contributed by atoms with Gasteiger partial charge in [-0.25, -0.2) is 0 Å². The van der Waals surface area contributed by atoms with E-state index in [1.165, 1.54) is 4.90 Å². The minimum Gasteiger partial charge on any atom is -0.294 e. The van der Waals surface area contributed by atoms with E-state index < -0.39 is 0 Å². The van der Waals surface area contributed by atoms with Crippen LogP contribution in [0.15, 0.2) is 64.7 Å². The van der Waals surface area contributed by atoms with Crippen molar-refractivity contribution < 1.29 is 9.59 Å². The fourth-order valence-electron chi connectivity index (χ4n) is 4.45. The zero-order valence-electron chi connectivity index (χ0n) is 16.9. The molecule has 1 unspecified atom stereocenters. The van der Waals surface area contributed by atoms with Gasteiger partial charge in [0.15, 0.2) is 5.78 Å². The van der Waals surface area contributed by atoms with E-state index in [2.05, 4.69) is 26.0 Å². The maximum absolute atomic E-state index is 13.3. The lowest BCUT2D eigenvalue weighted by Gasteiger charge is -2.43. The number of para-hydroxylation sites is 1. The van der Waals surface area contributed by atoms with E-state index in [1.807, 2.05) is 36.6 Å². The van der Waals surface area contributed by atoms with Crippen LogP contribution in [0.3, 0.4) is 0 Å². The van der Waals surface area contributed by atoms with E-state index >= 15 is 0 Å². The van der Waals surface area contributed by atoms with Crippen LogP contribution in [0.1, 0.15) is 44.6 Å². The van der Waals surface area contributed by atoms with Crippen molar-refractivity contribution in [2.24, 2.45) is 5.41 Å². The molecule has 2 aromatic carbocycles. The number of thioether (sulfide) groups is 1. The minimum atomic E-state index is -0.198. The molecule has 5 heteroatoms. The molecule has 1 amide bonds. The Hall–Kier alpha value is -2.04. The van der Waals surface area contributed by atoms with Crippen molar-refractivity contribution in [3.63, 3.8) is 0 Å². The SMILES string of the molecule is CSc1ccc(C2CC(=O)N(c3ccccc3Cl)C3=C2C(=O)CC(C)(C)C3)cc1. The minimum absolute atomic E-state index is 0.0127. The molecule has 2 aliphatic rings. The number of ketones is 1. The molecular weight excluding hydrogens is 402 g/mol. The average molecular weight is 426 g/mol. The van der Waals surface area contributed by atoms with Crippen molar-refractivity contribution in [3.8, 4) is 0 Å². The van der Waals surface area contributed by atoms with Crippen LogP contribution in [-0.2, 0) is 9.59 Å². The fourth-order valence-corrected chi connectivity index (χ4v) is 5.08. The number of amides is 1. The molecule has 1 heterocycles. The van der Waals surface area contributed by atoms with Gasteiger partial charge in [-0.15, -0.1) is 11.8 Å². The summed E-state index contributed by atoms with van der Waals surface area (Å²) in [7, 11) is 0. The van der Waals surface area contributed by atoms with Crippen LogP contribution >= 0.6 is 23.4 Å². The molecule has 0 N–H and O–H groups in total. The first-order valence-electron chi connectivity index (χ1n) is 9.78.